The number of hydrogen-bond donors (Lipinski definition) is 0. The van der Waals surface area contributed by atoms with Crippen molar-refractivity contribution in [1.82, 2.24) is 0 Å². The van der Waals surface area contributed by atoms with Gasteiger partial charge in [0, 0.05) is 0 Å². The Morgan fingerprint density at radius 1 is 0.500 bits per heavy atom. The summed E-state index contributed by atoms with van der Waals surface area (Å²) in [5.41, 5.74) is 0. The molecule has 0 aromatic carbocycles. The minimum absolute atomic E-state index is 0. The van der Waals surface area contributed by atoms with Crippen molar-refractivity contribution in [2.45, 2.75) is 0 Å². The van der Waals surface area contributed by atoms with E-state index in [1.807, 2.05) is 0 Å². The molecule has 0 atom stereocenters. The molecule has 0 nitrogen and oxygen atoms in total. The summed E-state index contributed by atoms with van der Waals surface area (Å²) in [5, 5.41) is 0. The summed E-state index contributed by atoms with van der Waals surface area (Å²) in [4.78, 5) is 0. The third-order valence-corrected chi connectivity index (χ3v) is 0. The average molecular weight is 190 g/mol. The summed E-state index contributed by atoms with van der Waals surface area (Å²) in [5.74, 6) is 0. The van der Waals surface area contributed by atoms with Crippen molar-refractivity contribution in [2.75, 3.05) is 0 Å². The zero-order valence-electron chi connectivity index (χ0n) is 3.67. The van der Waals surface area contributed by atoms with Gasteiger partial charge in [-0.2, -0.15) is 0 Å². The van der Waals surface area contributed by atoms with Gasteiger partial charge < -0.3 is 14.9 Å². The maximum absolute atomic E-state index is 0. The second-order valence-electron chi connectivity index (χ2n) is 0. The fourth-order valence-electron chi connectivity index (χ4n) is 0. The molecule has 0 spiro atoms. The molecule has 0 aliphatic rings. The van der Waals surface area contributed by atoms with E-state index < -0.39 is 0 Å². The van der Waals surface area contributed by atoms with Crippen LogP contribution in [0.5, 0.6) is 0 Å². The second-order valence-corrected chi connectivity index (χ2v) is 0. The van der Waals surface area contributed by atoms with Crippen LogP contribution in [-0.2, 0) is 18.6 Å². The van der Waals surface area contributed by atoms with E-state index in [-0.39, 0.29) is 70.6 Å². The first kappa shape index (κ1) is 147. The summed E-state index contributed by atoms with van der Waals surface area (Å²) in [7, 11) is 0. The zero-order chi connectivity index (χ0) is 0. The fourth-order valence-corrected chi connectivity index (χ4v) is 0. The number of rotatable bonds is 0. The first-order valence-corrected chi connectivity index (χ1v) is 0. The summed E-state index contributed by atoms with van der Waals surface area (Å²) in [6.45, 7) is 0. The molecule has 4 heteroatoms. The van der Waals surface area contributed by atoms with E-state index >= 15 is 0 Å². The van der Waals surface area contributed by atoms with Crippen LogP contribution in [0.15, 0.2) is 0 Å². The Hall–Kier alpha value is 1.45. The Balaban J connectivity index is 0. The Bertz CT molecular complexity index is 8.75. The quantitative estimate of drug-likeness (QED) is 0.514. The molecule has 0 fully saturated rings. The van der Waals surface area contributed by atoms with Crippen LogP contribution in [0.4, 0.5) is 0 Å². The van der Waals surface area contributed by atoms with Crippen molar-refractivity contribution >= 4 is 37.2 Å². The summed E-state index contributed by atoms with van der Waals surface area (Å²) < 4.78 is 0. The zero-order valence-corrected chi connectivity index (χ0v) is 7.52. The van der Waals surface area contributed by atoms with Gasteiger partial charge in [-0.15, -0.1) is 37.2 Å². The van der Waals surface area contributed by atoms with Crippen molar-refractivity contribution in [1.29, 1.82) is 0 Å². The molecule has 0 heterocycles. The van der Waals surface area contributed by atoms with E-state index in [9.17, 15) is 0 Å². The first-order valence-electron chi connectivity index (χ1n) is 0. The van der Waals surface area contributed by atoms with Crippen LogP contribution in [0.1, 0.15) is 0 Å². The molecule has 0 aliphatic carbocycles. The minimum atomic E-state index is 0. The van der Waals surface area contributed by atoms with Gasteiger partial charge in [-0.25, -0.2) is 0 Å². The van der Waals surface area contributed by atoms with E-state index in [0.29, 0.717) is 0 Å². The molecule has 0 bridgehead atoms. The standard InChI is InChI=1S/2CH3.3ClH.V/h2*1H3;3*1H;/q2*-1;;;;+2. The van der Waals surface area contributed by atoms with E-state index in [4.69, 9.17) is 0 Å². The molecular weight excluding hydrogens is 181 g/mol. The predicted molar refractivity (Wildman–Crippen MR) is 34.6 cm³/mol. The number of hydrogen-bond acceptors (Lipinski definition) is 0. The molecule has 0 saturated carbocycles. The Morgan fingerprint density at radius 3 is 0.500 bits per heavy atom. The van der Waals surface area contributed by atoms with Crippen LogP contribution in [-0.4, -0.2) is 0 Å². The van der Waals surface area contributed by atoms with Gasteiger partial charge in [0.1, 0.15) is 0 Å². The largest absolute Gasteiger partial charge is 2.00 e. The number of halogens is 3. The third kappa shape index (κ3) is 51.2. The van der Waals surface area contributed by atoms with Gasteiger partial charge in [-0.05, 0) is 0 Å². The van der Waals surface area contributed by atoms with Crippen LogP contribution in [0.2, 0.25) is 0 Å². The Labute approximate surface area is 70.6 Å². The molecule has 1 radical (unpaired) electrons. The van der Waals surface area contributed by atoms with E-state index in [2.05, 4.69) is 0 Å². The van der Waals surface area contributed by atoms with Crippen LogP contribution in [0.3, 0.4) is 0 Å². The van der Waals surface area contributed by atoms with Crippen LogP contribution >= 0.6 is 37.2 Å². The minimum Gasteiger partial charge on any atom is -0.358 e. The smallest absolute Gasteiger partial charge is 0.358 e. The molecule has 0 aromatic rings. The third-order valence-electron chi connectivity index (χ3n) is 0. The fraction of sp³-hybridized carbons (Fsp3) is 0. The maximum atomic E-state index is 0. The summed E-state index contributed by atoms with van der Waals surface area (Å²) in [6.07, 6.45) is 0. The van der Waals surface area contributed by atoms with Crippen molar-refractivity contribution < 1.29 is 18.6 Å². The molecule has 0 aromatic heterocycles. The molecule has 0 N–H and O–H groups in total. The van der Waals surface area contributed by atoms with Gasteiger partial charge in [0.15, 0.2) is 0 Å². The van der Waals surface area contributed by atoms with Crippen LogP contribution in [0, 0.1) is 14.9 Å². The van der Waals surface area contributed by atoms with Gasteiger partial charge in [-0.3, -0.25) is 0 Å². The van der Waals surface area contributed by atoms with E-state index in [0.717, 1.165) is 0 Å². The first-order chi connectivity index (χ1) is 0. The topological polar surface area (TPSA) is 0 Å². The normalized spacial score (nSPS) is 0. The molecule has 43 valence electrons. The SMILES string of the molecule is Cl.Cl.Cl.[CH3-].[CH3-].[V+2]. The molecule has 0 amide bonds. The molecular formula is C2H9Cl3V. The Kier molecular flexibility index (Phi) is 2220. The van der Waals surface area contributed by atoms with Gasteiger partial charge >= 0.3 is 18.6 Å². The molecule has 0 aliphatic heterocycles. The van der Waals surface area contributed by atoms with Crippen molar-refractivity contribution in [3.05, 3.63) is 14.9 Å². The van der Waals surface area contributed by atoms with Gasteiger partial charge in [-0.1, -0.05) is 0 Å². The summed E-state index contributed by atoms with van der Waals surface area (Å²) in [6, 6.07) is 0. The summed E-state index contributed by atoms with van der Waals surface area (Å²) >= 11 is 0. The maximum Gasteiger partial charge on any atom is 2.00 e. The predicted octanol–water partition coefficient (Wildman–Crippen LogP) is 2.16. The van der Waals surface area contributed by atoms with E-state index in [1.165, 1.54) is 0 Å². The van der Waals surface area contributed by atoms with Crippen molar-refractivity contribution in [3.63, 3.8) is 0 Å². The average Bonchev–Trinajstić information content (AvgIpc) is 0. The monoisotopic (exact) mass is 189 g/mol. The van der Waals surface area contributed by atoms with Crippen molar-refractivity contribution in [2.24, 2.45) is 0 Å². The van der Waals surface area contributed by atoms with Gasteiger partial charge in [0.2, 0.25) is 0 Å². The van der Waals surface area contributed by atoms with E-state index in [1.54, 1.807) is 0 Å². The van der Waals surface area contributed by atoms with Crippen LogP contribution in [0.25, 0.3) is 0 Å². The van der Waals surface area contributed by atoms with Crippen molar-refractivity contribution in [3.8, 4) is 0 Å². The Morgan fingerprint density at radius 2 is 0.500 bits per heavy atom. The molecule has 6 heavy (non-hydrogen) atoms. The molecule has 0 rings (SSSR count). The van der Waals surface area contributed by atoms with Crippen LogP contribution < -0.4 is 0 Å². The molecule has 0 saturated heterocycles. The second kappa shape index (κ2) is 90.8. The van der Waals surface area contributed by atoms with Gasteiger partial charge in [0.05, 0.1) is 0 Å². The van der Waals surface area contributed by atoms with Gasteiger partial charge in [0.25, 0.3) is 0 Å². The molecule has 0 unspecified atom stereocenters.